The largest absolute Gasteiger partial charge is 0.467 e. The average Bonchev–Trinajstić information content (AvgIpc) is 3.22. The van der Waals surface area contributed by atoms with Crippen molar-refractivity contribution >= 4 is 11.0 Å². The van der Waals surface area contributed by atoms with Gasteiger partial charge >= 0.3 is 0 Å². The third-order valence-electron chi connectivity index (χ3n) is 3.40. The number of rotatable bonds is 3. The molecule has 0 spiro atoms. The van der Waals surface area contributed by atoms with Crippen molar-refractivity contribution in [2.75, 3.05) is 0 Å². The Kier molecular flexibility index (Phi) is 2.42. The molecule has 0 saturated carbocycles. The molecule has 0 saturated heterocycles. The van der Waals surface area contributed by atoms with Crippen molar-refractivity contribution in [1.29, 1.82) is 0 Å². The summed E-state index contributed by atoms with van der Waals surface area (Å²) in [5, 5.41) is 0. The second-order valence-electron chi connectivity index (χ2n) is 4.61. The highest BCUT2D eigenvalue weighted by Gasteiger charge is 2.19. The summed E-state index contributed by atoms with van der Waals surface area (Å²) in [6.07, 6.45) is 8.89. The van der Waals surface area contributed by atoms with E-state index in [1.165, 1.54) is 0 Å². The number of imidazole rings is 2. The molecule has 3 aromatic heterocycles. The smallest absolute Gasteiger partial charge is 0.131 e. The predicted octanol–water partition coefficient (Wildman–Crippen LogP) is 2.99. The van der Waals surface area contributed by atoms with E-state index < -0.39 is 0 Å². The molecule has 0 aliphatic rings. The normalized spacial score (nSPS) is 12.8. The predicted molar refractivity (Wildman–Crippen MR) is 74.3 cm³/mol. The van der Waals surface area contributed by atoms with Gasteiger partial charge in [0.05, 0.1) is 30.0 Å². The van der Waals surface area contributed by atoms with Gasteiger partial charge in [-0.15, -0.1) is 0 Å². The molecule has 5 nitrogen and oxygen atoms in total. The van der Waals surface area contributed by atoms with Crippen LogP contribution in [0.3, 0.4) is 0 Å². The monoisotopic (exact) mass is 264 g/mol. The van der Waals surface area contributed by atoms with Gasteiger partial charge in [0, 0.05) is 12.4 Å². The Labute approximate surface area is 114 Å². The molecule has 1 unspecified atom stereocenters. The lowest BCUT2D eigenvalue weighted by atomic mass is 10.0. The first-order chi connectivity index (χ1) is 9.92. The first kappa shape index (κ1) is 11.0. The minimum atomic E-state index is -0.0276. The second-order valence-corrected chi connectivity index (χ2v) is 4.61. The number of hydrogen-bond donors (Lipinski definition) is 1. The van der Waals surface area contributed by atoms with Gasteiger partial charge in [-0.2, -0.15) is 0 Å². The quantitative estimate of drug-likeness (QED) is 0.618. The Bertz CT molecular complexity index is 780. The summed E-state index contributed by atoms with van der Waals surface area (Å²) in [4.78, 5) is 11.5. The molecular formula is C15H12N4O. The fourth-order valence-corrected chi connectivity index (χ4v) is 2.48. The molecule has 0 bridgehead atoms. The molecule has 0 aliphatic carbocycles. The number of hydrogen-bond acceptors (Lipinski definition) is 3. The maximum absolute atomic E-state index is 5.59. The molecule has 0 fully saturated rings. The molecule has 0 aliphatic heterocycles. The van der Waals surface area contributed by atoms with Gasteiger partial charge in [-0.3, -0.25) is 0 Å². The summed E-state index contributed by atoms with van der Waals surface area (Å²) in [6, 6.07) is 10.0. The Morgan fingerprint density at radius 1 is 1.25 bits per heavy atom. The molecule has 0 amide bonds. The molecule has 5 heteroatoms. The van der Waals surface area contributed by atoms with Gasteiger partial charge in [0.15, 0.2) is 0 Å². The summed E-state index contributed by atoms with van der Waals surface area (Å²) in [5.41, 5.74) is 3.09. The third kappa shape index (κ3) is 1.72. The molecule has 4 rings (SSSR count). The molecule has 0 radical (unpaired) electrons. The zero-order valence-electron chi connectivity index (χ0n) is 10.6. The summed E-state index contributed by atoms with van der Waals surface area (Å²) in [7, 11) is 0. The maximum Gasteiger partial charge on any atom is 0.131 e. The zero-order valence-corrected chi connectivity index (χ0v) is 10.6. The number of nitrogens with one attached hydrogen (secondary N) is 1. The minimum Gasteiger partial charge on any atom is -0.467 e. The van der Waals surface area contributed by atoms with E-state index in [9.17, 15) is 0 Å². The van der Waals surface area contributed by atoms with E-state index in [1.54, 1.807) is 25.1 Å². The molecule has 3 heterocycles. The average molecular weight is 264 g/mol. The summed E-state index contributed by atoms with van der Waals surface area (Å²) in [5.74, 6) is 0.877. The van der Waals surface area contributed by atoms with Crippen LogP contribution in [0.2, 0.25) is 0 Å². The van der Waals surface area contributed by atoms with Gasteiger partial charge in [-0.05, 0) is 29.8 Å². The van der Waals surface area contributed by atoms with Crippen LogP contribution < -0.4 is 0 Å². The van der Waals surface area contributed by atoms with Crippen molar-refractivity contribution < 1.29 is 4.42 Å². The number of aromatic amines is 1. The second kappa shape index (κ2) is 4.38. The van der Waals surface area contributed by atoms with E-state index >= 15 is 0 Å². The Morgan fingerprint density at radius 2 is 2.25 bits per heavy atom. The summed E-state index contributed by atoms with van der Waals surface area (Å²) in [6.45, 7) is 0. The molecule has 1 atom stereocenters. The molecule has 4 aromatic rings. The molecule has 1 N–H and O–H groups in total. The molecule has 1 aromatic carbocycles. The topological polar surface area (TPSA) is 59.6 Å². The van der Waals surface area contributed by atoms with Crippen LogP contribution in [-0.4, -0.2) is 19.5 Å². The fraction of sp³-hybridized carbons (Fsp3) is 0.0667. The van der Waals surface area contributed by atoms with Crippen molar-refractivity contribution in [3.05, 3.63) is 73.0 Å². The minimum absolute atomic E-state index is 0.0276. The van der Waals surface area contributed by atoms with Gasteiger partial charge < -0.3 is 14.0 Å². The van der Waals surface area contributed by atoms with Gasteiger partial charge in [0.1, 0.15) is 11.8 Å². The first-order valence-electron chi connectivity index (χ1n) is 6.36. The zero-order chi connectivity index (χ0) is 13.4. The molecule has 20 heavy (non-hydrogen) atoms. The number of aromatic nitrogens is 4. The number of benzene rings is 1. The SMILES string of the molecule is c1coc(C(c2ccc3nc[nH]c3c2)n2ccnc2)c1. The fourth-order valence-electron chi connectivity index (χ4n) is 2.48. The van der Waals surface area contributed by atoms with E-state index in [0.717, 1.165) is 22.4 Å². The van der Waals surface area contributed by atoms with Crippen molar-refractivity contribution in [3.8, 4) is 0 Å². The number of fused-ring (bicyclic) bond motifs is 1. The van der Waals surface area contributed by atoms with Crippen LogP contribution in [-0.2, 0) is 0 Å². The molecule has 98 valence electrons. The van der Waals surface area contributed by atoms with E-state index in [0.29, 0.717) is 0 Å². The lowest BCUT2D eigenvalue weighted by Gasteiger charge is -2.16. The highest BCUT2D eigenvalue weighted by atomic mass is 16.3. The van der Waals surface area contributed by atoms with Crippen LogP contribution in [0.15, 0.2) is 66.1 Å². The highest BCUT2D eigenvalue weighted by Crippen LogP contribution is 2.28. The van der Waals surface area contributed by atoms with Crippen molar-refractivity contribution in [2.24, 2.45) is 0 Å². The van der Waals surface area contributed by atoms with Crippen LogP contribution in [0, 0.1) is 0 Å². The Balaban J connectivity index is 1.89. The lowest BCUT2D eigenvalue weighted by Crippen LogP contribution is -2.09. The standard InChI is InChI=1S/C15H12N4O/c1-2-14(20-7-1)15(19-6-5-16-10-19)11-3-4-12-13(8-11)18-9-17-12/h1-10,15H,(H,17,18). The van der Waals surface area contributed by atoms with Crippen molar-refractivity contribution in [2.45, 2.75) is 6.04 Å². The lowest BCUT2D eigenvalue weighted by molar-refractivity contribution is 0.460. The van der Waals surface area contributed by atoms with Gasteiger partial charge in [-0.1, -0.05) is 6.07 Å². The molecular weight excluding hydrogens is 252 g/mol. The van der Waals surface area contributed by atoms with Crippen LogP contribution in [0.25, 0.3) is 11.0 Å². The third-order valence-corrected chi connectivity index (χ3v) is 3.40. The van der Waals surface area contributed by atoms with Crippen LogP contribution >= 0.6 is 0 Å². The Morgan fingerprint density at radius 3 is 3.05 bits per heavy atom. The summed E-state index contributed by atoms with van der Waals surface area (Å²) >= 11 is 0. The number of furan rings is 1. The van der Waals surface area contributed by atoms with E-state index in [2.05, 4.69) is 27.1 Å². The van der Waals surface area contributed by atoms with Gasteiger partial charge in [-0.25, -0.2) is 9.97 Å². The summed E-state index contributed by atoms with van der Waals surface area (Å²) < 4.78 is 7.62. The Hall–Kier alpha value is -2.82. The number of nitrogens with zero attached hydrogens (tertiary/aromatic N) is 3. The first-order valence-corrected chi connectivity index (χ1v) is 6.36. The van der Waals surface area contributed by atoms with Crippen molar-refractivity contribution in [1.82, 2.24) is 19.5 Å². The maximum atomic E-state index is 5.59. The van der Waals surface area contributed by atoms with Crippen LogP contribution in [0.5, 0.6) is 0 Å². The van der Waals surface area contributed by atoms with Crippen LogP contribution in [0.4, 0.5) is 0 Å². The number of H-pyrrole nitrogens is 1. The van der Waals surface area contributed by atoms with Gasteiger partial charge in [0.2, 0.25) is 0 Å². The van der Waals surface area contributed by atoms with E-state index in [4.69, 9.17) is 4.42 Å². The van der Waals surface area contributed by atoms with Crippen molar-refractivity contribution in [3.63, 3.8) is 0 Å². The van der Waals surface area contributed by atoms with Gasteiger partial charge in [0.25, 0.3) is 0 Å². The van der Waals surface area contributed by atoms with Crippen LogP contribution in [0.1, 0.15) is 17.4 Å². The van der Waals surface area contributed by atoms with E-state index in [1.807, 2.05) is 29.0 Å². The van der Waals surface area contributed by atoms with E-state index in [-0.39, 0.29) is 6.04 Å². The highest BCUT2D eigenvalue weighted by molar-refractivity contribution is 5.75.